The van der Waals surface area contributed by atoms with E-state index in [1.165, 1.54) is 23.1 Å². The van der Waals surface area contributed by atoms with Crippen LogP contribution in [-0.4, -0.2) is 46.5 Å². The topological polar surface area (TPSA) is 94.7 Å². The molecule has 2 heterocycles. The van der Waals surface area contributed by atoms with E-state index in [4.69, 9.17) is 4.74 Å². The summed E-state index contributed by atoms with van der Waals surface area (Å²) in [7, 11) is 0. The van der Waals surface area contributed by atoms with Crippen LogP contribution in [0.2, 0.25) is 0 Å². The number of amides is 2. The van der Waals surface area contributed by atoms with Crippen LogP contribution < -0.4 is 10.1 Å². The molecule has 2 amide bonds. The Bertz CT molecular complexity index is 1410. The van der Waals surface area contributed by atoms with Gasteiger partial charge in [0, 0.05) is 41.8 Å². The molecule has 1 aromatic heterocycles. The fraction of sp³-hybridized carbons (Fsp3) is 0.241. The molecule has 3 N–H and O–H groups in total. The molecule has 3 aromatic carbocycles. The maximum Gasteiger partial charge on any atom is 0.260 e. The zero-order chi connectivity index (χ0) is 25.1. The number of hydrogen-bond acceptors (Lipinski definition) is 4. The van der Waals surface area contributed by atoms with Gasteiger partial charge in [0.25, 0.3) is 11.8 Å². The van der Waals surface area contributed by atoms with Crippen molar-refractivity contribution in [2.75, 3.05) is 19.7 Å². The molecule has 0 spiro atoms. The molecule has 7 nitrogen and oxygen atoms in total. The SMILES string of the molecule is Cc1[nH]c2ccccc2c1CCNC(=O)c1cccc2c1CN(C(=O)COc1ccc(O)cc1)CC2. The number of H-pyrrole nitrogens is 1. The number of phenolic OH excluding ortho intramolecular Hbond substituents is 1. The number of phenols is 1. The van der Waals surface area contributed by atoms with E-state index in [9.17, 15) is 14.7 Å². The Morgan fingerprint density at radius 1 is 1.06 bits per heavy atom. The molecular weight excluding hydrogens is 454 g/mol. The lowest BCUT2D eigenvalue weighted by atomic mass is 9.94. The Hall–Kier alpha value is -4.26. The van der Waals surface area contributed by atoms with Gasteiger partial charge in [0.1, 0.15) is 11.5 Å². The Labute approximate surface area is 209 Å². The average molecular weight is 484 g/mol. The first-order valence-electron chi connectivity index (χ1n) is 12.1. The van der Waals surface area contributed by atoms with Crippen molar-refractivity contribution in [3.8, 4) is 11.5 Å². The van der Waals surface area contributed by atoms with Crippen molar-refractivity contribution < 1.29 is 19.4 Å². The molecule has 0 fully saturated rings. The monoisotopic (exact) mass is 483 g/mol. The van der Waals surface area contributed by atoms with Gasteiger partial charge < -0.3 is 25.0 Å². The predicted octanol–water partition coefficient (Wildman–Crippen LogP) is 4.12. The summed E-state index contributed by atoms with van der Waals surface area (Å²) in [6.07, 6.45) is 1.42. The standard InChI is InChI=1S/C29H29N3O4/c1-19-23(24-6-2-3-8-27(24)31-19)13-15-30-29(35)25-7-4-5-20-14-16-32(17-26(20)25)28(34)18-36-22-11-9-21(33)10-12-22/h2-12,31,33H,13-18H2,1H3,(H,30,35). The molecule has 184 valence electrons. The summed E-state index contributed by atoms with van der Waals surface area (Å²) in [5.41, 5.74) is 6.03. The van der Waals surface area contributed by atoms with Gasteiger partial charge in [0.15, 0.2) is 6.61 Å². The minimum atomic E-state index is -0.140. The number of aromatic amines is 1. The van der Waals surface area contributed by atoms with Crippen molar-refractivity contribution >= 4 is 22.7 Å². The summed E-state index contributed by atoms with van der Waals surface area (Å²) in [5, 5.41) is 13.7. The van der Waals surface area contributed by atoms with Gasteiger partial charge >= 0.3 is 0 Å². The molecule has 0 unspecified atom stereocenters. The van der Waals surface area contributed by atoms with Crippen molar-refractivity contribution in [2.24, 2.45) is 0 Å². The van der Waals surface area contributed by atoms with Crippen molar-refractivity contribution in [2.45, 2.75) is 26.3 Å². The molecule has 0 radical (unpaired) electrons. The van der Waals surface area contributed by atoms with Gasteiger partial charge in [0.05, 0.1) is 0 Å². The summed E-state index contributed by atoms with van der Waals surface area (Å²) >= 11 is 0. The normalized spacial score (nSPS) is 12.9. The minimum Gasteiger partial charge on any atom is -0.508 e. The molecule has 0 saturated carbocycles. The van der Waals surface area contributed by atoms with Gasteiger partial charge in [0.2, 0.25) is 0 Å². The Balaban J connectivity index is 1.22. The number of hydrogen-bond donors (Lipinski definition) is 3. The fourth-order valence-electron chi connectivity index (χ4n) is 4.84. The van der Waals surface area contributed by atoms with E-state index in [0.717, 1.165) is 28.8 Å². The molecule has 7 heteroatoms. The number of rotatable bonds is 7. The van der Waals surface area contributed by atoms with E-state index in [1.54, 1.807) is 17.0 Å². The maximum atomic E-state index is 13.1. The molecule has 1 aliphatic rings. The zero-order valence-electron chi connectivity index (χ0n) is 20.2. The highest BCUT2D eigenvalue weighted by Gasteiger charge is 2.25. The van der Waals surface area contributed by atoms with Gasteiger partial charge in [-0.05, 0) is 72.9 Å². The van der Waals surface area contributed by atoms with E-state index in [1.807, 2.05) is 30.3 Å². The van der Waals surface area contributed by atoms with Crippen molar-refractivity contribution in [3.05, 3.63) is 94.7 Å². The third-order valence-electron chi connectivity index (χ3n) is 6.76. The number of para-hydroxylation sites is 1. The molecular formula is C29H29N3O4. The molecule has 0 saturated heterocycles. The molecule has 0 atom stereocenters. The van der Waals surface area contributed by atoms with E-state index >= 15 is 0 Å². The van der Waals surface area contributed by atoms with E-state index in [-0.39, 0.29) is 24.2 Å². The van der Waals surface area contributed by atoms with Gasteiger partial charge in [-0.2, -0.15) is 0 Å². The number of aromatic hydroxyl groups is 1. The lowest BCUT2D eigenvalue weighted by Crippen LogP contribution is -2.40. The van der Waals surface area contributed by atoms with Crippen molar-refractivity contribution in [3.63, 3.8) is 0 Å². The largest absolute Gasteiger partial charge is 0.508 e. The highest BCUT2D eigenvalue weighted by atomic mass is 16.5. The lowest BCUT2D eigenvalue weighted by Gasteiger charge is -2.30. The number of aryl methyl sites for hydroxylation is 1. The maximum absolute atomic E-state index is 13.1. The number of carbonyl (C=O) groups excluding carboxylic acids is 2. The van der Waals surface area contributed by atoms with Gasteiger partial charge in [-0.1, -0.05) is 30.3 Å². The third kappa shape index (κ3) is 4.91. The summed E-state index contributed by atoms with van der Waals surface area (Å²) in [5.74, 6) is 0.394. The molecule has 4 aromatic rings. The molecule has 1 aliphatic heterocycles. The summed E-state index contributed by atoms with van der Waals surface area (Å²) < 4.78 is 5.59. The van der Waals surface area contributed by atoms with E-state index in [2.05, 4.69) is 29.4 Å². The number of benzene rings is 3. The van der Waals surface area contributed by atoms with Crippen LogP contribution in [0.1, 0.15) is 32.7 Å². The number of fused-ring (bicyclic) bond motifs is 2. The van der Waals surface area contributed by atoms with Gasteiger partial charge in [-0.15, -0.1) is 0 Å². The number of aromatic nitrogens is 1. The van der Waals surface area contributed by atoms with E-state index in [0.29, 0.717) is 37.4 Å². The first-order chi connectivity index (χ1) is 17.5. The average Bonchev–Trinajstić information content (AvgIpc) is 3.22. The molecule has 0 aliphatic carbocycles. The van der Waals surface area contributed by atoms with Gasteiger partial charge in [-0.3, -0.25) is 9.59 Å². The summed E-state index contributed by atoms with van der Waals surface area (Å²) in [6.45, 7) is 3.43. The molecule has 36 heavy (non-hydrogen) atoms. The van der Waals surface area contributed by atoms with Crippen LogP contribution in [0, 0.1) is 6.92 Å². The summed E-state index contributed by atoms with van der Waals surface area (Å²) in [4.78, 5) is 31.1. The first kappa shape index (κ1) is 23.5. The van der Waals surface area contributed by atoms with Crippen LogP contribution in [0.4, 0.5) is 0 Å². The quantitative estimate of drug-likeness (QED) is 0.369. The van der Waals surface area contributed by atoms with Crippen LogP contribution >= 0.6 is 0 Å². The van der Waals surface area contributed by atoms with Crippen LogP contribution in [0.5, 0.6) is 11.5 Å². The minimum absolute atomic E-state index is 0.0988. The van der Waals surface area contributed by atoms with Crippen LogP contribution in [0.3, 0.4) is 0 Å². The number of nitrogens with one attached hydrogen (secondary N) is 2. The second kappa shape index (κ2) is 10.2. The Morgan fingerprint density at radius 2 is 1.86 bits per heavy atom. The highest BCUT2D eigenvalue weighted by molar-refractivity contribution is 5.96. The van der Waals surface area contributed by atoms with Crippen molar-refractivity contribution in [1.29, 1.82) is 0 Å². The first-order valence-corrected chi connectivity index (χ1v) is 12.1. The Morgan fingerprint density at radius 3 is 2.69 bits per heavy atom. The number of carbonyl (C=O) groups is 2. The fourth-order valence-corrected chi connectivity index (χ4v) is 4.84. The van der Waals surface area contributed by atoms with E-state index < -0.39 is 0 Å². The lowest BCUT2D eigenvalue weighted by molar-refractivity contribution is -0.134. The third-order valence-corrected chi connectivity index (χ3v) is 6.76. The zero-order valence-corrected chi connectivity index (χ0v) is 20.2. The molecule has 0 bridgehead atoms. The second-order valence-electron chi connectivity index (χ2n) is 9.07. The second-order valence-corrected chi connectivity index (χ2v) is 9.07. The molecule has 5 rings (SSSR count). The summed E-state index contributed by atoms with van der Waals surface area (Å²) in [6, 6.07) is 20.2. The predicted molar refractivity (Wildman–Crippen MR) is 138 cm³/mol. The number of nitrogens with zero attached hydrogens (tertiary/aromatic N) is 1. The van der Waals surface area contributed by atoms with Crippen LogP contribution in [-0.2, 0) is 24.2 Å². The van der Waals surface area contributed by atoms with Crippen LogP contribution in [0.25, 0.3) is 10.9 Å². The van der Waals surface area contributed by atoms with Crippen molar-refractivity contribution in [1.82, 2.24) is 15.2 Å². The Kier molecular flexibility index (Phi) is 6.62. The van der Waals surface area contributed by atoms with Crippen LogP contribution in [0.15, 0.2) is 66.7 Å². The number of ether oxygens (including phenoxy) is 1. The van der Waals surface area contributed by atoms with Gasteiger partial charge in [-0.25, -0.2) is 0 Å². The highest BCUT2D eigenvalue weighted by Crippen LogP contribution is 2.24. The smallest absolute Gasteiger partial charge is 0.260 e.